The van der Waals surface area contributed by atoms with Crippen LogP contribution in [0.3, 0.4) is 0 Å². The van der Waals surface area contributed by atoms with Crippen LogP contribution in [0.2, 0.25) is 0 Å². The van der Waals surface area contributed by atoms with Gasteiger partial charge in [-0.1, -0.05) is 6.42 Å². The van der Waals surface area contributed by atoms with Gasteiger partial charge < -0.3 is 9.57 Å². The fraction of sp³-hybridized carbons (Fsp3) is 1.00. The summed E-state index contributed by atoms with van der Waals surface area (Å²) in [4.78, 5) is 4.90. The summed E-state index contributed by atoms with van der Waals surface area (Å²) >= 11 is 0. The van der Waals surface area contributed by atoms with Crippen LogP contribution in [0.25, 0.3) is 0 Å². The van der Waals surface area contributed by atoms with E-state index in [1.807, 2.05) is 0 Å². The summed E-state index contributed by atoms with van der Waals surface area (Å²) in [6, 6.07) is 0.437. The second-order valence-electron chi connectivity index (χ2n) is 3.40. The molecule has 1 aliphatic heterocycles. The van der Waals surface area contributed by atoms with Crippen molar-refractivity contribution in [1.82, 2.24) is 5.48 Å². The molecule has 0 radical (unpaired) electrons. The lowest BCUT2D eigenvalue weighted by molar-refractivity contribution is 0.0450. The molecule has 1 aliphatic carbocycles. The van der Waals surface area contributed by atoms with Crippen LogP contribution < -0.4 is 5.48 Å². The van der Waals surface area contributed by atoms with Crippen molar-refractivity contribution in [3.63, 3.8) is 0 Å². The third kappa shape index (κ3) is 1.28. The van der Waals surface area contributed by atoms with Gasteiger partial charge in [0.05, 0.1) is 25.9 Å². The van der Waals surface area contributed by atoms with Gasteiger partial charge in [-0.2, -0.15) is 5.48 Å². The molecule has 2 aliphatic rings. The maximum absolute atomic E-state index is 5.60. The molecule has 3 atom stereocenters. The molecule has 0 amide bonds. The Labute approximate surface area is 67.0 Å². The molecule has 64 valence electrons. The van der Waals surface area contributed by atoms with Gasteiger partial charge in [0.15, 0.2) is 0 Å². The predicted molar refractivity (Wildman–Crippen MR) is 41.0 cm³/mol. The Hall–Kier alpha value is -0.120. The van der Waals surface area contributed by atoms with Crippen LogP contribution in [0.15, 0.2) is 0 Å². The van der Waals surface area contributed by atoms with Crippen LogP contribution >= 0.6 is 0 Å². The second kappa shape index (κ2) is 3.09. The van der Waals surface area contributed by atoms with Crippen molar-refractivity contribution >= 4 is 0 Å². The van der Waals surface area contributed by atoms with Gasteiger partial charge in [0.25, 0.3) is 0 Å². The van der Waals surface area contributed by atoms with Gasteiger partial charge in [0, 0.05) is 5.92 Å². The number of hydrogen-bond acceptors (Lipinski definition) is 3. The van der Waals surface area contributed by atoms with E-state index in [1.165, 1.54) is 19.3 Å². The van der Waals surface area contributed by atoms with Gasteiger partial charge >= 0.3 is 0 Å². The molecule has 1 N–H and O–H groups in total. The highest BCUT2D eigenvalue weighted by Crippen LogP contribution is 2.35. The molecular weight excluding hydrogens is 142 g/mol. The second-order valence-corrected chi connectivity index (χ2v) is 3.40. The van der Waals surface area contributed by atoms with Gasteiger partial charge in [-0.05, 0) is 12.8 Å². The van der Waals surface area contributed by atoms with Crippen LogP contribution in [0.1, 0.15) is 19.3 Å². The van der Waals surface area contributed by atoms with Crippen LogP contribution in [-0.4, -0.2) is 25.9 Å². The summed E-state index contributed by atoms with van der Waals surface area (Å²) in [5, 5.41) is 0. The smallest absolute Gasteiger partial charge is 0.0650 e. The van der Waals surface area contributed by atoms with Gasteiger partial charge in [-0.25, -0.2) is 0 Å². The van der Waals surface area contributed by atoms with Crippen LogP contribution in [0.4, 0.5) is 0 Å². The molecule has 0 spiro atoms. The third-order valence-corrected chi connectivity index (χ3v) is 2.78. The van der Waals surface area contributed by atoms with Crippen molar-refractivity contribution in [3.05, 3.63) is 0 Å². The Kier molecular flexibility index (Phi) is 2.11. The molecule has 1 saturated heterocycles. The number of nitrogens with one attached hydrogen (secondary N) is 1. The highest BCUT2D eigenvalue weighted by atomic mass is 16.6. The quantitative estimate of drug-likeness (QED) is 0.599. The first-order valence-corrected chi connectivity index (χ1v) is 4.32. The lowest BCUT2D eigenvalue weighted by atomic mass is 10.0. The van der Waals surface area contributed by atoms with Crippen molar-refractivity contribution in [2.75, 3.05) is 13.7 Å². The average molecular weight is 157 g/mol. The molecule has 0 unspecified atom stereocenters. The first-order valence-electron chi connectivity index (χ1n) is 4.32. The van der Waals surface area contributed by atoms with Crippen LogP contribution in [-0.2, 0) is 9.57 Å². The normalized spacial score (nSPS) is 42.8. The topological polar surface area (TPSA) is 30.5 Å². The zero-order valence-corrected chi connectivity index (χ0v) is 6.88. The molecule has 0 aromatic heterocycles. The van der Waals surface area contributed by atoms with Crippen molar-refractivity contribution in [3.8, 4) is 0 Å². The molecule has 0 bridgehead atoms. The van der Waals surface area contributed by atoms with Crippen LogP contribution in [0.5, 0.6) is 0 Å². The Morgan fingerprint density at radius 3 is 3.18 bits per heavy atom. The lowest BCUT2D eigenvalue weighted by Crippen LogP contribution is -2.34. The van der Waals surface area contributed by atoms with Crippen molar-refractivity contribution in [2.45, 2.75) is 31.4 Å². The van der Waals surface area contributed by atoms with Crippen molar-refractivity contribution in [2.24, 2.45) is 5.92 Å². The van der Waals surface area contributed by atoms with E-state index in [0.717, 1.165) is 6.61 Å². The van der Waals surface area contributed by atoms with Gasteiger partial charge in [-0.15, -0.1) is 0 Å². The standard InChI is InChI=1S/C8H15NO2/c1-10-9-7-5-11-8-4-2-3-6(7)8/h6-9H,2-5H2,1H3/t6-,7-,8-/m1/s1. The van der Waals surface area contributed by atoms with E-state index >= 15 is 0 Å². The van der Waals surface area contributed by atoms with Crippen molar-refractivity contribution < 1.29 is 9.57 Å². The van der Waals surface area contributed by atoms with E-state index in [1.54, 1.807) is 7.11 Å². The Morgan fingerprint density at radius 1 is 1.45 bits per heavy atom. The number of hydrogen-bond donors (Lipinski definition) is 1. The molecule has 0 aromatic rings. The molecule has 2 rings (SSSR count). The molecule has 2 fully saturated rings. The number of hydroxylamine groups is 1. The van der Waals surface area contributed by atoms with E-state index in [2.05, 4.69) is 5.48 Å². The zero-order valence-electron chi connectivity index (χ0n) is 6.88. The summed E-state index contributed by atoms with van der Waals surface area (Å²) in [6.45, 7) is 0.823. The Balaban J connectivity index is 1.92. The molecule has 11 heavy (non-hydrogen) atoms. The SMILES string of the molecule is CON[C@@H]1CO[C@@H]2CCC[C@H]12. The fourth-order valence-electron chi connectivity index (χ4n) is 2.25. The zero-order chi connectivity index (χ0) is 7.68. The van der Waals surface area contributed by atoms with Crippen molar-refractivity contribution in [1.29, 1.82) is 0 Å². The molecular formula is C8H15NO2. The predicted octanol–water partition coefficient (Wildman–Crippen LogP) is 0.705. The Bertz CT molecular complexity index is 138. The maximum Gasteiger partial charge on any atom is 0.0650 e. The minimum atomic E-state index is 0.437. The highest BCUT2D eigenvalue weighted by molar-refractivity contribution is 4.91. The molecule has 1 heterocycles. The maximum atomic E-state index is 5.60. The van der Waals surface area contributed by atoms with E-state index in [-0.39, 0.29) is 0 Å². The van der Waals surface area contributed by atoms with Gasteiger partial charge in [-0.3, -0.25) is 0 Å². The average Bonchev–Trinajstić information content (AvgIpc) is 2.53. The van der Waals surface area contributed by atoms with E-state index in [0.29, 0.717) is 18.1 Å². The van der Waals surface area contributed by atoms with E-state index in [9.17, 15) is 0 Å². The number of fused-ring (bicyclic) bond motifs is 1. The third-order valence-electron chi connectivity index (χ3n) is 2.78. The monoisotopic (exact) mass is 157 g/mol. The minimum Gasteiger partial charge on any atom is -0.376 e. The largest absolute Gasteiger partial charge is 0.376 e. The highest BCUT2D eigenvalue weighted by Gasteiger charge is 2.40. The summed E-state index contributed by atoms with van der Waals surface area (Å²) in [5.41, 5.74) is 2.99. The number of ether oxygens (including phenoxy) is 1. The minimum absolute atomic E-state index is 0.437. The first kappa shape index (κ1) is 7.53. The molecule has 1 saturated carbocycles. The summed E-state index contributed by atoms with van der Waals surface area (Å²) in [6.07, 6.45) is 4.37. The molecule has 0 aromatic carbocycles. The van der Waals surface area contributed by atoms with Gasteiger partial charge in [0.1, 0.15) is 0 Å². The molecule has 3 heteroatoms. The van der Waals surface area contributed by atoms with Crippen LogP contribution in [0, 0.1) is 5.92 Å². The first-order chi connectivity index (χ1) is 5.42. The summed E-state index contributed by atoms with van der Waals surface area (Å²) in [5.74, 6) is 0.704. The Morgan fingerprint density at radius 2 is 2.36 bits per heavy atom. The van der Waals surface area contributed by atoms with E-state index < -0.39 is 0 Å². The summed E-state index contributed by atoms with van der Waals surface area (Å²) < 4.78 is 5.60. The van der Waals surface area contributed by atoms with Gasteiger partial charge in [0.2, 0.25) is 0 Å². The number of rotatable bonds is 2. The van der Waals surface area contributed by atoms with E-state index in [4.69, 9.17) is 9.57 Å². The fourth-order valence-corrected chi connectivity index (χ4v) is 2.25. The lowest BCUT2D eigenvalue weighted by Gasteiger charge is -2.15. The molecule has 3 nitrogen and oxygen atoms in total. The summed E-state index contributed by atoms with van der Waals surface area (Å²) in [7, 11) is 1.67.